The highest BCUT2D eigenvalue weighted by molar-refractivity contribution is 5.97. The SMILES string of the molecule is CC(C)C(NC(=O)Cc1ccc2ccccc2c1)C(=O)Nc1cnn(C(C)C)c1. The number of fused-ring (bicyclic) bond motifs is 1. The summed E-state index contributed by atoms with van der Waals surface area (Å²) in [5.74, 6) is -0.460. The third kappa shape index (κ3) is 5.22. The first-order valence-corrected chi connectivity index (χ1v) is 9.95. The standard InChI is InChI=1S/C23H28N4O2/c1-15(2)22(23(29)25-20-13-24-27(14-20)16(3)4)26-21(28)12-17-9-10-18-7-5-6-8-19(18)11-17/h5-11,13-16,22H,12H2,1-4H3,(H,25,29)(H,26,28). The molecule has 2 N–H and O–H groups in total. The number of benzene rings is 2. The van der Waals surface area contributed by atoms with Gasteiger partial charge in [0.05, 0.1) is 18.3 Å². The third-order valence-corrected chi connectivity index (χ3v) is 4.84. The zero-order valence-corrected chi connectivity index (χ0v) is 17.3. The molecular formula is C23H28N4O2. The van der Waals surface area contributed by atoms with Crippen molar-refractivity contribution in [1.82, 2.24) is 15.1 Å². The van der Waals surface area contributed by atoms with Crippen molar-refractivity contribution in [3.05, 3.63) is 60.4 Å². The van der Waals surface area contributed by atoms with Crippen LogP contribution >= 0.6 is 0 Å². The molecule has 3 rings (SSSR count). The van der Waals surface area contributed by atoms with Crippen molar-refractivity contribution in [3.8, 4) is 0 Å². The van der Waals surface area contributed by atoms with E-state index in [-0.39, 0.29) is 30.2 Å². The molecule has 0 bridgehead atoms. The molecule has 1 atom stereocenters. The van der Waals surface area contributed by atoms with E-state index in [2.05, 4.69) is 15.7 Å². The van der Waals surface area contributed by atoms with Crippen molar-refractivity contribution in [1.29, 1.82) is 0 Å². The zero-order chi connectivity index (χ0) is 21.0. The highest BCUT2D eigenvalue weighted by Crippen LogP contribution is 2.16. The van der Waals surface area contributed by atoms with Crippen LogP contribution < -0.4 is 10.6 Å². The molecule has 152 valence electrons. The second kappa shape index (κ2) is 8.90. The molecule has 2 aromatic carbocycles. The van der Waals surface area contributed by atoms with Gasteiger partial charge in [0.1, 0.15) is 6.04 Å². The molecule has 1 heterocycles. The Hall–Kier alpha value is -3.15. The van der Waals surface area contributed by atoms with Crippen LogP contribution in [-0.2, 0) is 16.0 Å². The molecule has 0 fully saturated rings. The lowest BCUT2D eigenvalue weighted by atomic mass is 10.0. The van der Waals surface area contributed by atoms with Crippen LogP contribution in [0.2, 0.25) is 0 Å². The molecule has 3 aromatic rings. The average molecular weight is 393 g/mol. The first-order chi connectivity index (χ1) is 13.8. The molecule has 0 saturated heterocycles. The minimum atomic E-state index is -0.620. The van der Waals surface area contributed by atoms with Gasteiger partial charge in [-0.1, -0.05) is 56.3 Å². The highest BCUT2D eigenvalue weighted by Gasteiger charge is 2.24. The summed E-state index contributed by atoms with van der Waals surface area (Å²) >= 11 is 0. The second-order valence-electron chi connectivity index (χ2n) is 7.94. The molecular weight excluding hydrogens is 364 g/mol. The molecule has 2 amide bonds. The van der Waals surface area contributed by atoms with E-state index in [1.165, 1.54) is 0 Å². The Morgan fingerprint density at radius 1 is 1.03 bits per heavy atom. The van der Waals surface area contributed by atoms with E-state index in [0.717, 1.165) is 16.3 Å². The van der Waals surface area contributed by atoms with Crippen LogP contribution in [0.5, 0.6) is 0 Å². The van der Waals surface area contributed by atoms with E-state index in [9.17, 15) is 9.59 Å². The van der Waals surface area contributed by atoms with E-state index >= 15 is 0 Å². The number of nitrogens with zero attached hydrogens (tertiary/aromatic N) is 2. The predicted octanol–water partition coefficient (Wildman–Crippen LogP) is 3.94. The monoisotopic (exact) mass is 392 g/mol. The van der Waals surface area contributed by atoms with Gasteiger partial charge >= 0.3 is 0 Å². The van der Waals surface area contributed by atoms with Gasteiger partial charge in [0, 0.05) is 12.2 Å². The Labute approximate surface area is 171 Å². The Balaban J connectivity index is 1.65. The quantitative estimate of drug-likeness (QED) is 0.639. The summed E-state index contributed by atoms with van der Waals surface area (Å²) in [5, 5.41) is 12.2. The largest absolute Gasteiger partial charge is 0.344 e. The number of nitrogens with one attached hydrogen (secondary N) is 2. The summed E-state index contributed by atoms with van der Waals surface area (Å²) in [6.07, 6.45) is 3.63. The fourth-order valence-electron chi connectivity index (χ4n) is 3.20. The number of rotatable bonds is 7. The first kappa shape index (κ1) is 20.6. The normalized spacial score (nSPS) is 12.3. The Bertz CT molecular complexity index is 1010. The minimum absolute atomic E-state index is 0.0457. The molecule has 6 heteroatoms. The summed E-state index contributed by atoms with van der Waals surface area (Å²) < 4.78 is 1.78. The molecule has 0 saturated carbocycles. The smallest absolute Gasteiger partial charge is 0.247 e. The van der Waals surface area contributed by atoms with Gasteiger partial charge in [-0.2, -0.15) is 5.10 Å². The number of amides is 2. The highest BCUT2D eigenvalue weighted by atomic mass is 16.2. The minimum Gasteiger partial charge on any atom is -0.344 e. The lowest BCUT2D eigenvalue weighted by Gasteiger charge is -2.21. The molecule has 0 aliphatic carbocycles. The molecule has 0 radical (unpaired) electrons. The van der Waals surface area contributed by atoms with Crippen LogP contribution in [0.4, 0.5) is 5.69 Å². The maximum Gasteiger partial charge on any atom is 0.247 e. The van der Waals surface area contributed by atoms with Crippen LogP contribution in [-0.4, -0.2) is 27.6 Å². The summed E-state index contributed by atoms with van der Waals surface area (Å²) in [5.41, 5.74) is 1.54. The summed E-state index contributed by atoms with van der Waals surface area (Å²) in [4.78, 5) is 25.3. The van der Waals surface area contributed by atoms with Crippen molar-refractivity contribution in [3.63, 3.8) is 0 Å². The number of hydrogen-bond donors (Lipinski definition) is 2. The van der Waals surface area contributed by atoms with Crippen LogP contribution in [0.15, 0.2) is 54.9 Å². The second-order valence-corrected chi connectivity index (χ2v) is 7.94. The van der Waals surface area contributed by atoms with Gasteiger partial charge in [0.25, 0.3) is 0 Å². The van der Waals surface area contributed by atoms with Crippen LogP contribution in [0.25, 0.3) is 10.8 Å². The van der Waals surface area contributed by atoms with Crippen molar-refractivity contribution in [2.75, 3.05) is 5.32 Å². The lowest BCUT2D eigenvalue weighted by Crippen LogP contribution is -2.47. The number of hydrogen-bond acceptors (Lipinski definition) is 3. The van der Waals surface area contributed by atoms with Gasteiger partial charge in [-0.15, -0.1) is 0 Å². The van der Waals surface area contributed by atoms with Crippen molar-refractivity contribution in [2.45, 2.75) is 46.2 Å². The van der Waals surface area contributed by atoms with E-state index in [0.29, 0.717) is 5.69 Å². The molecule has 0 aliphatic rings. The van der Waals surface area contributed by atoms with Gasteiger partial charge in [0.2, 0.25) is 11.8 Å². The topological polar surface area (TPSA) is 76.0 Å². The van der Waals surface area contributed by atoms with Crippen molar-refractivity contribution < 1.29 is 9.59 Å². The number of anilines is 1. The van der Waals surface area contributed by atoms with Crippen LogP contribution in [0.1, 0.15) is 39.3 Å². The van der Waals surface area contributed by atoms with Gasteiger partial charge in [-0.3, -0.25) is 14.3 Å². The molecule has 29 heavy (non-hydrogen) atoms. The Morgan fingerprint density at radius 2 is 1.76 bits per heavy atom. The van der Waals surface area contributed by atoms with Crippen LogP contribution in [0.3, 0.4) is 0 Å². The average Bonchev–Trinajstić information content (AvgIpc) is 3.14. The number of aromatic nitrogens is 2. The summed E-state index contributed by atoms with van der Waals surface area (Å²) in [6.45, 7) is 7.86. The number of carbonyl (C=O) groups excluding carboxylic acids is 2. The molecule has 1 aromatic heterocycles. The van der Waals surface area contributed by atoms with Crippen molar-refractivity contribution in [2.24, 2.45) is 5.92 Å². The number of carbonyl (C=O) groups is 2. The first-order valence-electron chi connectivity index (χ1n) is 9.95. The predicted molar refractivity (Wildman–Crippen MR) is 116 cm³/mol. The van der Waals surface area contributed by atoms with Crippen molar-refractivity contribution >= 4 is 28.3 Å². The van der Waals surface area contributed by atoms with E-state index in [1.807, 2.05) is 70.2 Å². The zero-order valence-electron chi connectivity index (χ0n) is 17.3. The Morgan fingerprint density at radius 3 is 2.41 bits per heavy atom. The maximum atomic E-state index is 12.7. The van der Waals surface area contributed by atoms with Gasteiger partial charge in [-0.05, 0) is 36.1 Å². The molecule has 0 spiro atoms. The van der Waals surface area contributed by atoms with Crippen LogP contribution in [0, 0.1) is 5.92 Å². The maximum absolute atomic E-state index is 12.7. The fraction of sp³-hybridized carbons (Fsp3) is 0.348. The third-order valence-electron chi connectivity index (χ3n) is 4.84. The fourth-order valence-corrected chi connectivity index (χ4v) is 3.20. The van der Waals surface area contributed by atoms with Gasteiger partial charge in [0.15, 0.2) is 0 Å². The molecule has 1 unspecified atom stereocenters. The summed E-state index contributed by atoms with van der Waals surface area (Å²) in [7, 11) is 0. The van der Waals surface area contributed by atoms with Gasteiger partial charge in [-0.25, -0.2) is 0 Å². The Kier molecular flexibility index (Phi) is 6.32. The van der Waals surface area contributed by atoms with E-state index in [4.69, 9.17) is 0 Å². The molecule has 6 nitrogen and oxygen atoms in total. The molecule has 0 aliphatic heterocycles. The van der Waals surface area contributed by atoms with E-state index in [1.54, 1.807) is 17.1 Å². The van der Waals surface area contributed by atoms with E-state index < -0.39 is 6.04 Å². The summed E-state index contributed by atoms with van der Waals surface area (Å²) in [6, 6.07) is 13.6. The van der Waals surface area contributed by atoms with Gasteiger partial charge < -0.3 is 10.6 Å². The lowest BCUT2D eigenvalue weighted by molar-refractivity contribution is -0.127.